The minimum absolute atomic E-state index is 0.0347. The van der Waals surface area contributed by atoms with Crippen molar-refractivity contribution >= 4 is 23.2 Å². The molecule has 1 aliphatic rings. The van der Waals surface area contributed by atoms with E-state index in [1.54, 1.807) is 6.07 Å². The first-order valence-electron chi connectivity index (χ1n) is 7.69. The number of hydrogen-bond donors (Lipinski definition) is 2. The molecule has 1 aromatic heterocycles. The van der Waals surface area contributed by atoms with E-state index in [4.69, 9.17) is 0 Å². The number of carbonyl (C=O) groups is 2. The summed E-state index contributed by atoms with van der Waals surface area (Å²) in [6, 6.07) is 3.91. The normalized spacial score (nSPS) is 25.3. The molecule has 0 saturated heterocycles. The van der Waals surface area contributed by atoms with E-state index in [0.717, 1.165) is 6.42 Å². The summed E-state index contributed by atoms with van der Waals surface area (Å²) in [5, 5.41) is 7.77. The third-order valence-electron chi connectivity index (χ3n) is 4.44. The molecule has 2 N–H and O–H groups in total. The Kier molecular flexibility index (Phi) is 5.79. The van der Waals surface area contributed by atoms with Crippen LogP contribution in [0.5, 0.6) is 0 Å². The van der Waals surface area contributed by atoms with Crippen LogP contribution in [0.2, 0.25) is 0 Å². The van der Waals surface area contributed by atoms with Gasteiger partial charge in [-0.15, -0.1) is 11.3 Å². The quantitative estimate of drug-likeness (QED) is 0.879. The van der Waals surface area contributed by atoms with Crippen LogP contribution < -0.4 is 10.6 Å². The fourth-order valence-electron chi connectivity index (χ4n) is 2.85. The van der Waals surface area contributed by atoms with Gasteiger partial charge in [-0.2, -0.15) is 0 Å². The van der Waals surface area contributed by atoms with Gasteiger partial charge in [0, 0.05) is 19.0 Å². The monoisotopic (exact) mass is 308 g/mol. The second-order valence-electron chi connectivity index (χ2n) is 5.92. The van der Waals surface area contributed by atoms with Crippen molar-refractivity contribution < 1.29 is 9.59 Å². The van der Waals surface area contributed by atoms with Crippen molar-refractivity contribution in [2.45, 2.75) is 45.6 Å². The van der Waals surface area contributed by atoms with Crippen LogP contribution in [0.15, 0.2) is 17.5 Å². The second-order valence-corrected chi connectivity index (χ2v) is 6.87. The standard InChI is InChI=1S/C16H24N2O2S/c1-11-5-3-6-13(12(11)2)18-15(19)8-9-17-16(20)14-7-4-10-21-14/h4,7,10-13H,3,5-6,8-9H2,1-2H3,(H,17,20)(H,18,19). The van der Waals surface area contributed by atoms with Gasteiger partial charge in [0.25, 0.3) is 5.91 Å². The minimum Gasteiger partial charge on any atom is -0.353 e. The van der Waals surface area contributed by atoms with Gasteiger partial charge in [0.2, 0.25) is 5.91 Å². The second kappa shape index (κ2) is 7.59. The van der Waals surface area contributed by atoms with Crippen LogP contribution in [0.3, 0.4) is 0 Å². The minimum atomic E-state index is -0.0996. The molecule has 0 aromatic carbocycles. The number of nitrogens with one attached hydrogen (secondary N) is 2. The molecule has 1 aromatic rings. The summed E-state index contributed by atoms with van der Waals surface area (Å²) in [6.45, 7) is 4.86. The van der Waals surface area contributed by atoms with E-state index in [9.17, 15) is 9.59 Å². The number of rotatable bonds is 5. The number of carbonyl (C=O) groups excluding carboxylic acids is 2. The Hall–Kier alpha value is -1.36. The summed E-state index contributed by atoms with van der Waals surface area (Å²) in [5.41, 5.74) is 0. The molecule has 21 heavy (non-hydrogen) atoms. The number of amides is 2. The molecule has 1 fully saturated rings. The van der Waals surface area contributed by atoms with Crippen molar-refractivity contribution in [1.29, 1.82) is 0 Å². The van der Waals surface area contributed by atoms with Crippen LogP contribution in [0.4, 0.5) is 0 Å². The lowest BCUT2D eigenvalue weighted by molar-refractivity contribution is -0.122. The highest BCUT2D eigenvalue weighted by molar-refractivity contribution is 7.12. The highest BCUT2D eigenvalue weighted by Crippen LogP contribution is 2.29. The van der Waals surface area contributed by atoms with Gasteiger partial charge in [-0.05, 0) is 29.7 Å². The molecular formula is C16H24N2O2S. The fourth-order valence-corrected chi connectivity index (χ4v) is 3.49. The Balaban J connectivity index is 1.69. The zero-order valence-corrected chi connectivity index (χ0v) is 13.5. The molecule has 0 radical (unpaired) electrons. The maximum Gasteiger partial charge on any atom is 0.261 e. The Morgan fingerprint density at radius 3 is 2.86 bits per heavy atom. The molecular weight excluding hydrogens is 284 g/mol. The molecule has 0 aliphatic heterocycles. The Morgan fingerprint density at radius 1 is 1.33 bits per heavy atom. The van der Waals surface area contributed by atoms with Crippen LogP contribution in [0, 0.1) is 11.8 Å². The largest absolute Gasteiger partial charge is 0.353 e. The molecule has 1 heterocycles. The molecule has 3 atom stereocenters. The molecule has 0 bridgehead atoms. The molecule has 116 valence electrons. The maximum atomic E-state index is 12.0. The van der Waals surface area contributed by atoms with E-state index in [0.29, 0.717) is 29.7 Å². The molecule has 2 amide bonds. The molecule has 1 saturated carbocycles. The third kappa shape index (κ3) is 4.56. The summed E-state index contributed by atoms with van der Waals surface area (Å²) in [6.07, 6.45) is 3.85. The third-order valence-corrected chi connectivity index (χ3v) is 5.30. The Labute approximate surface area is 130 Å². The number of hydrogen-bond acceptors (Lipinski definition) is 3. The van der Waals surface area contributed by atoms with Crippen LogP contribution in [0.1, 0.15) is 49.2 Å². The Bertz CT molecular complexity index is 473. The number of thiophene rings is 1. The average molecular weight is 308 g/mol. The maximum absolute atomic E-state index is 12.0. The molecule has 2 rings (SSSR count). The molecule has 3 unspecified atom stereocenters. The topological polar surface area (TPSA) is 58.2 Å². The van der Waals surface area contributed by atoms with Gasteiger partial charge in [0.15, 0.2) is 0 Å². The van der Waals surface area contributed by atoms with Gasteiger partial charge < -0.3 is 10.6 Å². The first-order valence-corrected chi connectivity index (χ1v) is 8.57. The van der Waals surface area contributed by atoms with E-state index in [1.165, 1.54) is 24.2 Å². The van der Waals surface area contributed by atoms with E-state index in [2.05, 4.69) is 24.5 Å². The van der Waals surface area contributed by atoms with Gasteiger partial charge in [-0.3, -0.25) is 9.59 Å². The van der Waals surface area contributed by atoms with Gasteiger partial charge in [-0.1, -0.05) is 32.8 Å². The fraction of sp³-hybridized carbons (Fsp3) is 0.625. The predicted molar refractivity (Wildman–Crippen MR) is 85.4 cm³/mol. The summed E-state index contributed by atoms with van der Waals surface area (Å²) in [7, 11) is 0. The van der Waals surface area contributed by atoms with Crippen molar-refractivity contribution in [3.63, 3.8) is 0 Å². The van der Waals surface area contributed by atoms with E-state index in [1.807, 2.05) is 11.4 Å². The van der Waals surface area contributed by atoms with Crippen LogP contribution in [0.25, 0.3) is 0 Å². The van der Waals surface area contributed by atoms with Crippen molar-refractivity contribution in [2.24, 2.45) is 11.8 Å². The van der Waals surface area contributed by atoms with Gasteiger partial charge in [0.05, 0.1) is 4.88 Å². The Morgan fingerprint density at radius 2 is 2.14 bits per heavy atom. The van der Waals surface area contributed by atoms with E-state index >= 15 is 0 Å². The van der Waals surface area contributed by atoms with Crippen molar-refractivity contribution in [3.05, 3.63) is 22.4 Å². The SMILES string of the molecule is CC1CCCC(NC(=O)CCNC(=O)c2cccs2)C1C. The zero-order chi connectivity index (χ0) is 15.2. The van der Waals surface area contributed by atoms with Crippen LogP contribution in [-0.2, 0) is 4.79 Å². The van der Waals surface area contributed by atoms with E-state index in [-0.39, 0.29) is 17.9 Å². The average Bonchev–Trinajstić information content (AvgIpc) is 2.98. The van der Waals surface area contributed by atoms with Crippen molar-refractivity contribution in [3.8, 4) is 0 Å². The molecule has 4 nitrogen and oxygen atoms in total. The van der Waals surface area contributed by atoms with Crippen LogP contribution in [-0.4, -0.2) is 24.4 Å². The highest BCUT2D eigenvalue weighted by Gasteiger charge is 2.27. The van der Waals surface area contributed by atoms with Gasteiger partial charge >= 0.3 is 0 Å². The van der Waals surface area contributed by atoms with Crippen LogP contribution >= 0.6 is 11.3 Å². The van der Waals surface area contributed by atoms with Gasteiger partial charge in [0.1, 0.15) is 0 Å². The molecule has 0 spiro atoms. The lowest BCUT2D eigenvalue weighted by Gasteiger charge is -2.34. The molecule has 1 aliphatic carbocycles. The lowest BCUT2D eigenvalue weighted by atomic mass is 9.78. The first-order chi connectivity index (χ1) is 10.1. The van der Waals surface area contributed by atoms with Crippen molar-refractivity contribution in [1.82, 2.24) is 10.6 Å². The zero-order valence-electron chi connectivity index (χ0n) is 12.7. The lowest BCUT2D eigenvalue weighted by Crippen LogP contribution is -2.44. The highest BCUT2D eigenvalue weighted by atomic mass is 32.1. The summed E-state index contributed by atoms with van der Waals surface area (Å²) in [4.78, 5) is 24.4. The van der Waals surface area contributed by atoms with E-state index < -0.39 is 0 Å². The summed E-state index contributed by atoms with van der Waals surface area (Å²) in [5.74, 6) is 1.14. The molecule has 5 heteroatoms. The smallest absolute Gasteiger partial charge is 0.261 e. The summed E-state index contributed by atoms with van der Waals surface area (Å²) >= 11 is 1.41. The summed E-state index contributed by atoms with van der Waals surface area (Å²) < 4.78 is 0. The first kappa shape index (κ1) is 16.0. The van der Waals surface area contributed by atoms with Crippen molar-refractivity contribution in [2.75, 3.05) is 6.54 Å². The van der Waals surface area contributed by atoms with Gasteiger partial charge in [-0.25, -0.2) is 0 Å². The predicted octanol–water partition coefficient (Wildman–Crippen LogP) is 2.81.